The average molecular weight is 278 g/mol. The van der Waals surface area contributed by atoms with E-state index >= 15 is 0 Å². The van der Waals surface area contributed by atoms with Gasteiger partial charge in [-0.3, -0.25) is 0 Å². The van der Waals surface area contributed by atoms with E-state index in [9.17, 15) is 0 Å². The van der Waals surface area contributed by atoms with Crippen molar-refractivity contribution in [2.45, 2.75) is 97.8 Å². The molecule has 0 aromatic carbocycles. The van der Waals surface area contributed by atoms with Crippen molar-refractivity contribution < 1.29 is 0 Å². The third-order valence-electron chi connectivity index (χ3n) is 4.34. The predicted octanol–water partition coefficient (Wildman–Crippen LogP) is 5.69. The van der Waals surface area contributed by atoms with Gasteiger partial charge in [-0.15, -0.1) is 0 Å². The molecule has 116 valence electrons. The molecule has 0 saturated carbocycles. The fraction of sp³-hybridized carbons (Fsp3) is 0.833. The molecule has 20 heavy (non-hydrogen) atoms. The van der Waals surface area contributed by atoms with Crippen LogP contribution in [0.4, 0.5) is 0 Å². The van der Waals surface area contributed by atoms with E-state index in [1.165, 1.54) is 42.9 Å². The fourth-order valence-corrected chi connectivity index (χ4v) is 3.13. The lowest BCUT2D eigenvalue weighted by Crippen LogP contribution is -2.21. The van der Waals surface area contributed by atoms with Crippen LogP contribution in [0.1, 0.15) is 104 Å². The van der Waals surface area contributed by atoms with E-state index in [1.54, 1.807) is 0 Å². The molecule has 0 unspecified atom stereocenters. The highest BCUT2D eigenvalue weighted by atomic mass is 15.0. The highest BCUT2D eigenvalue weighted by Gasteiger charge is 2.31. The lowest BCUT2D eigenvalue weighted by molar-refractivity contribution is 0.435. The molecule has 0 amide bonds. The third-order valence-corrected chi connectivity index (χ3v) is 4.34. The monoisotopic (exact) mass is 278 g/mol. The molecular weight excluding hydrogens is 244 g/mol. The van der Waals surface area contributed by atoms with E-state index in [0.717, 1.165) is 0 Å². The molecule has 0 aliphatic carbocycles. The Kier molecular flexibility index (Phi) is 5.46. The lowest BCUT2D eigenvalue weighted by atomic mass is 9.82. The maximum atomic E-state index is 5.06. The normalized spacial score (nSPS) is 13.2. The number of nitrogens with zero attached hydrogens (tertiary/aromatic N) is 1. The van der Waals surface area contributed by atoms with Crippen molar-refractivity contribution in [1.82, 2.24) is 9.97 Å². The zero-order valence-electron chi connectivity index (χ0n) is 14.9. The second-order valence-electron chi connectivity index (χ2n) is 7.77. The fourth-order valence-electron chi connectivity index (χ4n) is 3.13. The Bertz CT molecular complexity index is 425. The van der Waals surface area contributed by atoms with Crippen molar-refractivity contribution in [2.75, 3.05) is 0 Å². The highest BCUT2D eigenvalue weighted by Crippen LogP contribution is 2.36. The molecule has 2 heteroatoms. The molecule has 1 rings (SSSR count). The number of aromatic amines is 1. The smallest absolute Gasteiger partial charge is 0.112 e. The summed E-state index contributed by atoms with van der Waals surface area (Å²) < 4.78 is 0. The molecule has 1 N–H and O–H groups in total. The van der Waals surface area contributed by atoms with Crippen LogP contribution in [-0.4, -0.2) is 9.97 Å². The number of aromatic nitrogens is 2. The van der Waals surface area contributed by atoms with Crippen molar-refractivity contribution in [3.63, 3.8) is 0 Å². The Morgan fingerprint density at radius 1 is 0.950 bits per heavy atom. The number of hydrogen-bond donors (Lipinski definition) is 1. The van der Waals surface area contributed by atoms with Gasteiger partial charge < -0.3 is 4.98 Å². The van der Waals surface area contributed by atoms with Gasteiger partial charge in [0.1, 0.15) is 5.82 Å². The van der Waals surface area contributed by atoms with Crippen LogP contribution in [0.15, 0.2) is 0 Å². The van der Waals surface area contributed by atoms with Crippen LogP contribution in [-0.2, 0) is 10.8 Å². The van der Waals surface area contributed by atoms with Gasteiger partial charge in [-0.05, 0) is 18.8 Å². The summed E-state index contributed by atoms with van der Waals surface area (Å²) >= 11 is 0. The summed E-state index contributed by atoms with van der Waals surface area (Å²) in [5.41, 5.74) is 2.92. The topological polar surface area (TPSA) is 28.7 Å². The van der Waals surface area contributed by atoms with Gasteiger partial charge in [0.15, 0.2) is 0 Å². The first kappa shape index (κ1) is 17.3. The number of hydrogen-bond acceptors (Lipinski definition) is 1. The summed E-state index contributed by atoms with van der Waals surface area (Å²) in [6, 6.07) is 0. The largest absolute Gasteiger partial charge is 0.345 e. The Labute approximate surface area is 125 Å². The van der Waals surface area contributed by atoms with Gasteiger partial charge in [0.2, 0.25) is 0 Å². The van der Waals surface area contributed by atoms with Crippen LogP contribution >= 0.6 is 0 Å². The molecule has 0 radical (unpaired) electrons. The van der Waals surface area contributed by atoms with E-state index in [-0.39, 0.29) is 10.8 Å². The maximum Gasteiger partial charge on any atom is 0.112 e. The Balaban J connectivity index is 3.28. The van der Waals surface area contributed by atoms with Crippen LogP contribution in [0.5, 0.6) is 0 Å². The highest BCUT2D eigenvalue weighted by molar-refractivity contribution is 5.27. The Morgan fingerprint density at radius 3 is 1.90 bits per heavy atom. The van der Waals surface area contributed by atoms with Crippen molar-refractivity contribution in [3.05, 3.63) is 17.2 Å². The summed E-state index contributed by atoms with van der Waals surface area (Å²) in [5, 5.41) is 0. The summed E-state index contributed by atoms with van der Waals surface area (Å²) in [4.78, 5) is 8.72. The number of imidazole rings is 1. The van der Waals surface area contributed by atoms with Crippen molar-refractivity contribution in [1.29, 1.82) is 0 Å². The molecular formula is C18H34N2. The first-order chi connectivity index (χ1) is 9.15. The summed E-state index contributed by atoms with van der Waals surface area (Å²) in [7, 11) is 0. The van der Waals surface area contributed by atoms with E-state index < -0.39 is 0 Å². The van der Waals surface area contributed by atoms with Crippen LogP contribution < -0.4 is 0 Å². The molecule has 1 heterocycles. The second kappa shape index (κ2) is 6.32. The maximum absolute atomic E-state index is 5.06. The van der Waals surface area contributed by atoms with Gasteiger partial charge >= 0.3 is 0 Å². The summed E-state index contributed by atoms with van der Waals surface area (Å²) in [5.74, 6) is 1.67. The zero-order valence-corrected chi connectivity index (χ0v) is 14.9. The Hall–Kier alpha value is -0.790. The third kappa shape index (κ3) is 3.65. The van der Waals surface area contributed by atoms with Gasteiger partial charge in [0.25, 0.3) is 0 Å². The number of nitrogens with one attached hydrogen (secondary N) is 1. The molecule has 0 atom stereocenters. The minimum absolute atomic E-state index is 0.138. The molecule has 0 fully saturated rings. The quantitative estimate of drug-likeness (QED) is 0.682. The molecule has 0 aliphatic rings. The van der Waals surface area contributed by atoms with E-state index in [4.69, 9.17) is 4.98 Å². The minimum atomic E-state index is 0.138. The molecule has 0 spiro atoms. The lowest BCUT2D eigenvalue weighted by Gasteiger charge is -2.24. The van der Waals surface area contributed by atoms with Crippen molar-refractivity contribution >= 4 is 0 Å². The number of rotatable bonds is 7. The van der Waals surface area contributed by atoms with Gasteiger partial charge in [-0.25, -0.2) is 4.98 Å². The average Bonchev–Trinajstić information content (AvgIpc) is 2.74. The van der Waals surface area contributed by atoms with E-state index in [0.29, 0.717) is 5.92 Å². The van der Waals surface area contributed by atoms with E-state index in [2.05, 4.69) is 60.4 Å². The van der Waals surface area contributed by atoms with Crippen LogP contribution in [0.25, 0.3) is 0 Å². The predicted molar refractivity (Wildman–Crippen MR) is 88.5 cm³/mol. The first-order valence-electron chi connectivity index (χ1n) is 8.26. The SMILES string of the molecule is CCCC(C)(C)c1nc(C(C)(C)CCC)c(C(C)C)[nH]1. The molecule has 0 saturated heterocycles. The van der Waals surface area contributed by atoms with Crippen LogP contribution in [0.3, 0.4) is 0 Å². The van der Waals surface area contributed by atoms with Crippen LogP contribution in [0.2, 0.25) is 0 Å². The van der Waals surface area contributed by atoms with Gasteiger partial charge in [0.05, 0.1) is 5.69 Å². The minimum Gasteiger partial charge on any atom is -0.345 e. The first-order valence-corrected chi connectivity index (χ1v) is 8.26. The van der Waals surface area contributed by atoms with Crippen molar-refractivity contribution in [2.24, 2.45) is 0 Å². The molecule has 2 nitrogen and oxygen atoms in total. The summed E-state index contributed by atoms with van der Waals surface area (Å²) in [6.07, 6.45) is 4.75. The molecule has 0 aliphatic heterocycles. The second-order valence-corrected chi connectivity index (χ2v) is 7.77. The van der Waals surface area contributed by atoms with Gasteiger partial charge in [-0.2, -0.15) is 0 Å². The Morgan fingerprint density at radius 2 is 1.45 bits per heavy atom. The number of H-pyrrole nitrogens is 1. The van der Waals surface area contributed by atoms with Gasteiger partial charge in [0, 0.05) is 16.5 Å². The zero-order chi connectivity index (χ0) is 15.6. The molecule has 1 aromatic rings. The van der Waals surface area contributed by atoms with Crippen LogP contribution in [0, 0.1) is 0 Å². The van der Waals surface area contributed by atoms with Crippen molar-refractivity contribution in [3.8, 4) is 0 Å². The standard InChI is InChI=1S/C18H34N2/c1-9-11-17(5,6)15-14(13(3)4)19-16(20-15)18(7,8)12-10-2/h13H,9-12H2,1-8H3,(H,19,20). The molecule has 1 aromatic heterocycles. The molecule has 0 bridgehead atoms. The van der Waals surface area contributed by atoms with E-state index in [1.807, 2.05) is 0 Å². The van der Waals surface area contributed by atoms with Gasteiger partial charge in [-0.1, -0.05) is 68.2 Å². The summed E-state index contributed by atoms with van der Waals surface area (Å²) in [6.45, 7) is 18.3.